The fourth-order valence-corrected chi connectivity index (χ4v) is 0.911. The van der Waals surface area contributed by atoms with Crippen molar-refractivity contribution in [2.24, 2.45) is 5.73 Å². The lowest BCUT2D eigenvalue weighted by atomic mass is 10.2. The normalized spacial score (nSPS) is 31.5. The van der Waals surface area contributed by atoms with E-state index in [2.05, 4.69) is 0 Å². The Morgan fingerprint density at radius 3 is 2.50 bits per heavy atom. The molecule has 0 radical (unpaired) electrons. The van der Waals surface area contributed by atoms with Crippen molar-refractivity contribution in [3.63, 3.8) is 0 Å². The van der Waals surface area contributed by atoms with Crippen LogP contribution in [-0.2, 0) is 4.79 Å². The van der Waals surface area contributed by atoms with Gasteiger partial charge in [0, 0.05) is 0 Å². The van der Waals surface area contributed by atoms with Crippen LogP contribution >= 0.6 is 0 Å². The maximum atomic E-state index is 12.0. The van der Waals surface area contributed by atoms with Gasteiger partial charge in [-0.05, 0) is 0 Å². The van der Waals surface area contributed by atoms with Crippen LogP contribution in [0, 0.1) is 0 Å². The van der Waals surface area contributed by atoms with E-state index >= 15 is 0 Å². The van der Waals surface area contributed by atoms with E-state index in [0.29, 0.717) is 0 Å². The third kappa shape index (κ3) is 2.08. The Balaban J connectivity index is 2.62. The van der Waals surface area contributed by atoms with Crippen LogP contribution in [0.1, 0.15) is 6.42 Å². The molecule has 2 atom stereocenters. The quantitative estimate of drug-likeness (QED) is 0.463. The number of carbonyl (C=O) groups excluding carboxylic acids is 1. The molecule has 0 saturated carbocycles. The largest absolute Gasteiger partial charge is 0.422 e. The van der Waals surface area contributed by atoms with Gasteiger partial charge in [-0.25, -0.2) is 0 Å². The zero-order valence-corrected chi connectivity index (χ0v) is 5.98. The Kier molecular flexibility index (Phi) is 2.25. The van der Waals surface area contributed by atoms with Gasteiger partial charge in [-0.3, -0.25) is 10.1 Å². The smallest absolute Gasteiger partial charge is 0.333 e. The van der Waals surface area contributed by atoms with E-state index in [1.165, 1.54) is 0 Å². The summed E-state index contributed by atoms with van der Waals surface area (Å²) in [6.07, 6.45) is -7.57. The SMILES string of the molecule is NC1CC(=O)NC(C(F)(F)F)N1. The lowest BCUT2D eigenvalue weighted by Gasteiger charge is -2.30. The van der Waals surface area contributed by atoms with Gasteiger partial charge in [0.05, 0.1) is 12.6 Å². The van der Waals surface area contributed by atoms with Crippen molar-refractivity contribution in [2.45, 2.75) is 24.9 Å². The summed E-state index contributed by atoms with van der Waals surface area (Å²) < 4.78 is 35.9. The number of nitrogens with one attached hydrogen (secondary N) is 2. The molecule has 0 bridgehead atoms. The number of alkyl halides is 3. The summed E-state index contributed by atoms with van der Waals surface area (Å²) in [5, 5.41) is 3.74. The molecule has 1 heterocycles. The summed E-state index contributed by atoms with van der Waals surface area (Å²) in [5.74, 6) is -0.691. The third-order valence-corrected chi connectivity index (χ3v) is 1.42. The second-order valence-electron chi connectivity index (χ2n) is 2.52. The lowest BCUT2D eigenvalue weighted by Crippen LogP contribution is -2.64. The van der Waals surface area contributed by atoms with E-state index in [1.54, 1.807) is 5.32 Å². The molecule has 4 N–H and O–H groups in total. The topological polar surface area (TPSA) is 67.2 Å². The lowest BCUT2D eigenvalue weighted by molar-refractivity contribution is -0.174. The zero-order valence-electron chi connectivity index (χ0n) is 5.98. The molecule has 12 heavy (non-hydrogen) atoms. The van der Waals surface area contributed by atoms with Gasteiger partial charge in [-0.2, -0.15) is 13.2 Å². The Bertz CT molecular complexity index is 193. The summed E-state index contributed by atoms with van der Waals surface area (Å²) >= 11 is 0. The van der Waals surface area contributed by atoms with Gasteiger partial charge in [0.1, 0.15) is 0 Å². The van der Waals surface area contributed by atoms with E-state index in [0.717, 1.165) is 0 Å². The second kappa shape index (κ2) is 2.91. The van der Waals surface area contributed by atoms with Crippen LogP contribution in [0.3, 0.4) is 0 Å². The molecular weight excluding hydrogens is 175 g/mol. The number of nitrogens with two attached hydrogens (primary N) is 1. The van der Waals surface area contributed by atoms with Crippen molar-refractivity contribution in [1.29, 1.82) is 0 Å². The predicted molar refractivity (Wildman–Crippen MR) is 33.7 cm³/mol. The van der Waals surface area contributed by atoms with E-state index in [1.807, 2.05) is 5.32 Å². The summed E-state index contributed by atoms with van der Waals surface area (Å²) in [4.78, 5) is 10.6. The summed E-state index contributed by atoms with van der Waals surface area (Å²) in [6.45, 7) is 0. The van der Waals surface area contributed by atoms with Gasteiger partial charge in [-0.1, -0.05) is 0 Å². The number of carbonyl (C=O) groups is 1. The highest BCUT2D eigenvalue weighted by Gasteiger charge is 2.43. The highest BCUT2D eigenvalue weighted by molar-refractivity contribution is 5.77. The highest BCUT2D eigenvalue weighted by atomic mass is 19.4. The monoisotopic (exact) mass is 183 g/mol. The molecular formula is C5H8F3N3O. The van der Waals surface area contributed by atoms with Crippen LogP contribution in [-0.4, -0.2) is 24.4 Å². The van der Waals surface area contributed by atoms with E-state index in [4.69, 9.17) is 5.73 Å². The first-order valence-electron chi connectivity index (χ1n) is 3.27. The van der Waals surface area contributed by atoms with Crippen LogP contribution in [0.25, 0.3) is 0 Å². The van der Waals surface area contributed by atoms with Crippen LogP contribution in [0.2, 0.25) is 0 Å². The maximum absolute atomic E-state index is 12.0. The molecule has 1 amide bonds. The van der Waals surface area contributed by atoms with Crippen molar-refractivity contribution >= 4 is 5.91 Å². The van der Waals surface area contributed by atoms with Crippen molar-refractivity contribution in [3.05, 3.63) is 0 Å². The number of hydrogen-bond acceptors (Lipinski definition) is 3. The number of hydrogen-bond donors (Lipinski definition) is 3. The molecule has 70 valence electrons. The molecule has 0 aromatic rings. The minimum atomic E-state index is -4.49. The third-order valence-electron chi connectivity index (χ3n) is 1.42. The van der Waals surface area contributed by atoms with Crippen LogP contribution in [0.15, 0.2) is 0 Å². The van der Waals surface area contributed by atoms with Gasteiger partial charge in [0.25, 0.3) is 0 Å². The molecule has 0 aromatic carbocycles. The molecule has 1 aliphatic rings. The number of rotatable bonds is 0. The molecule has 1 rings (SSSR count). The van der Waals surface area contributed by atoms with Gasteiger partial charge < -0.3 is 11.1 Å². The van der Waals surface area contributed by atoms with Crippen molar-refractivity contribution < 1.29 is 18.0 Å². The minimum absolute atomic E-state index is 0.132. The first-order chi connectivity index (χ1) is 5.39. The molecule has 7 heteroatoms. The van der Waals surface area contributed by atoms with Crippen molar-refractivity contribution in [2.75, 3.05) is 0 Å². The predicted octanol–water partition coefficient (Wildman–Crippen LogP) is -0.731. The van der Waals surface area contributed by atoms with Crippen LogP contribution < -0.4 is 16.4 Å². The first-order valence-corrected chi connectivity index (χ1v) is 3.27. The van der Waals surface area contributed by atoms with Gasteiger partial charge >= 0.3 is 6.18 Å². The summed E-state index contributed by atoms with van der Waals surface area (Å²) in [6, 6.07) is 0. The average Bonchev–Trinajstić information content (AvgIpc) is 1.82. The van der Waals surface area contributed by atoms with Gasteiger partial charge in [0.2, 0.25) is 5.91 Å². The standard InChI is InChI=1S/C5H8F3N3O/c6-5(7,8)4-10-2(9)1-3(12)11-4/h2,4,10H,1,9H2,(H,11,12). The first kappa shape index (κ1) is 9.27. The Morgan fingerprint density at radius 2 is 2.08 bits per heavy atom. The molecule has 1 fully saturated rings. The van der Waals surface area contributed by atoms with Crippen LogP contribution in [0.5, 0.6) is 0 Å². The van der Waals surface area contributed by atoms with Crippen molar-refractivity contribution in [1.82, 2.24) is 10.6 Å². The van der Waals surface area contributed by atoms with E-state index < -0.39 is 24.4 Å². The Hall–Kier alpha value is -0.820. The fourth-order valence-electron chi connectivity index (χ4n) is 0.911. The number of amides is 1. The van der Waals surface area contributed by atoms with E-state index in [9.17, 15) is 18.0 Å². The maximum Gasteiger partial charge on any atom is 0.422 e. The number of halogens is 3. The Labute approximate surface area is 66.3 Å². The van der Waals surface area contributed by atoms with Gasteiger partial charge in [-0.15, -0.1) is 0 Å². The zero-order chi connectivity index (χ0) is 9.35. The molecule has 1 aliphatic heterocycles. The average molecular weight is 183 g/mol. The molecule has 0 spiro atoms. The molecule has 1 saturated heterocycles. The molecule has 4 nitrogen and oxygen atoms in total. The molecule has 2 unspecified atom stereocenters. The molecule has 0 aliphatic carbocycles. The minimum Gasteiger partial charge on any atom is -0.333 e. The molecule has 0 aromatic heterocycles. The second-order valence-corrected chi connectivity index (χ2v) is 2.52. The van der Waals surface area contributed by atoms with Crippen LogP contribution in [0.4, 0.5) is 13.2 Å². The van der Waals surface area contributed by atoms with E-state index in [-0.39, 0.29) is 6.42 Å². The summed E-state index contributed by atoms with van der Waals surface area (Å²) in [5.41, 5.74) is 5.14. The fraction of sp³-hybridized carbons (Fsp3) is 0.800. The summed E-state index contributed by atoms with van der Waals surface area (Å²) in [7, 11) is 0. The highest BCUT2D eigenvalue weighted by Crippen LogP contribution is 2.20. The Morgan fingerprint density at radius 1 is 1.50 bits per heavy atom. The van der Waals surface area contributed by atoms with Crippen molar-refractivity contribution in [3.8, 4) is 0 Å². The van der Waals surface area contributed by atoms with Gasteiger partial charge in [0.15, 0.2) is 6.17 Å².